The molecule has 164 valence electrons. The molecule has 1 aliphatic heterocycles. The highest BCUT2D eigenvalue weighted by atomic mass is 28.4. The van der Waals surface area contributed by atoms with E-state index in [9.17, 15) is 0 Å². The predicted octanol–water partition coefficient (Wildman–Crippen LogP) is 5.23. The van der Waals surface area contributed by atoms with Crippen molar-refractivity contribution in [3.63, 3.8) is 0 Å². The van der Waals surface area contributed by atoms with Crippen molar-refractivity contribution in [1.82, 2.24) is 0 Å². The van der Waals surface area contributed by atoms with Crippen LogP contribution in [0.1, 0.15) is 61.1 Å². The lowest BCUT2D eigenvalue weighted by atomic mass is 10.1. The molecular weight excluding hydrogens is 384 g/mol. The Morgan fingerprint density at radius 2 is 1.10 bits per heavy atom. The van der Waals surface area contributed by atoms with Gasteiger partial charge in [-0.25, -0.2) is 0 Å². The van der Waals surface area contributed by atoms with E-state index in [0.717, 1.165) is 0 Å². The highest BCUT2D eigenvalue weighted by Crippen LogP contribution is 2.33. The average molecular weight is 425 g/mol. The molecule has 0 bridgehead atoms. The van der Waals surface area contributed by atoms with Crippen LogP contribution in [0.3, 0.4) is 0 Å². The summed E-state index contributed by atoms with van der Waals surface area (Å²) in [5.74, 6) is 0.817. The third-order valence-electron chi connectivity index (χ3n) is 6.64. The van der Waals surface area contributed by atoms with Gasteiger partial charge in [0.25, 0.3) is 8.32 Å². The van der Waals surface area contributed by atoms with Crippen molar-refractivity contribution in [2.24, 2.45) is 11.8 Å². The van der Waals surface area contributed by atoms with Gasteiger partial charge in [-0.1, -0.05) is 63.1 Å². The Labute approximate surface area is 185 Å². The molecule has 3 heteroatoms. The van der Waals surface area contributed by atoms with Crippen molar-refractivity contribution < 1.29 is 9.16 Å². The molecular formula is C27H40O2Si. The van der Waals surface area contributed by atoms with Crippen molar-refractivity contribution >= 4 is 18.7 Å². The molecule has 30 heavy (non-hydrogen) atoms. The zero-order chi connectivity index (χ0) is 22.4. The summed E-state index contributed by atoms with van der Waals surface area (Å²) in [6.45, 7) is 23.2. The van der Waals surface area contributed by atoms with E-state index in [0.29, 0.717) is 18.4 Å². The molecule has 1 aliphatic rings. The molecule has 2 aromatic carbocycles. The highest BCUT2D eigenvalue weighted by molar-refractivity contribution is 6.99. The Bertz CT molecular complexity index is 825. The van der Waals surface area contributed by atoms with Crippen molar-refractivity contribution in [1.29, 1.82) is 0 Å². The standard InChI is InChI=1S/C27H40O2Si/c1-16(2)24-15-28-30(27(29-24)17(3)4,25-20(7)11-18(5)12-21(25)8)26-22(9)13-19(6)14-23(26)10/h11-14,16-17,24,27H,15H2,1-10H3/t24-,27+/m0/s1. The maximum Gasteiger partial charge on any atom is 0.286 e. The molecule has 2 nitrogen and oxygen atoms in total. The SMILES string of the molecule is Cc1cc(C)c([Si]2(c3c(C)cc(C)cc3C)OC[C@@H](C(C)C)O[C@H]2C(C)C)c(C)c1. The van der Waals surface area contributed by atoms with Crippen LogP contribution in [0, 0.1) is 53.4 Å². The number of benzene rings is 2. The van der Waals surface area contributed by atoms with E-state index in [1.54, 1.807) is 0 Å². The topological polar surface area (TPSA) is 18.5 Å². The lowest BCUT2D eigenvalue weighted by Gasteiger charge is -2.49. The molecule has 2 atom stereocenters. The van der Waals surface area contributed by atoms with Gasteiger partial charge in [0.05, 0.1) is 18.4 Å². The monoisotopic (exact) mass is 424 g/mol. The van der Waals surface area contributed by atoms with Gasteiger partial charge in [0.1, 0.15) is 0 Å². The van der Waals surface area contributed by atoms with Gasteiger partial charge in [-0.15, -0.1) is 0 Å². The smallest absolute Gasteiger partial charge is 0.286 e. The first kappa shape index (κ1) is 23.2. The van der Waals surface area contributed by atoms with Crippen LogP contribution in [0.4, 0.5) is 0 Å². The maximum atomic E-state index is 7.20. The Hall–Kier alpha value is -1.42. The van der Waals surface area contributed by atoms with Crippen LogP contribution in [0.15, 0.2) is 24.3 Å². The lowest BCUT2D eigenvalue weighted by Crippen LogP contribution is -2.76. The molecule has 0 aromatic heterocycles. The van der Waals surface area contributed by atoms with E-state index in [4.69, 9.17) is 9.16 Å². The minimum atomic E-state index is -2.66. The Kier molecular flexibility index (Phi) is 6.67. The van der Waals surface area contributed by atoms with Gasteiger partial charge in [-0.2, -0.15) is 0 Å². The van der Waals surface area contributed by atoms with Gasteiger partial charge in [0.15, 0.2) is 0 Å². The second-order valence-electron chi connectivity index (χ2n) is 10.2. The average Bonchev–Trinajstić information content (AvgIpc) is 2.59. The predicted molar refractivity (Wildman–Crippen MR) is 131 cm³/mol. The van der Waals surface area contributed by atoms with E-state index >= 15 is 0 Å². The fourth-order valence-corrected chi connectivity index (χ4v) is 11.3. The van der Waals surface area contributed by atoms with E-state index in [1.807, 2.05) is 0 Å². The van der Waals surface area contributed by atoms with Crippen LogP contribution in [0.2, 0.25) is 0 Å². The van der Waals surface area contributed by atoms with Gasteiger partial charge in [-0.05, 0) is 86.0 Å². The lowest BCUT2D eigenvalue weighted by molar-refractivity contribution is -0.0790. The minimum absolute atomic E-state index is 0.0823. The number of hydrogen-bond acceptors (Lipinski definition) is 2. The molecule has 0 saturated carbocycles. The summed E-state index contributed by atoms with van der Waals surface area (Å²) in [7, 11) is -2.66. The molecule has 0 aliphatic carbocycles. The molecule has 0 amide bonds. The summed E-state index contributed by atoms with van der Waals surface area (Å²) in [4.78, 5) is 0. The minimum Gasteiger partial charge on any atom is -0.403 e. The zero-order valence-corrected chi connectivity index (χ0v) is 21.6. The van der Waals surface area contributed by atoms with Crippen LogP contribution in [-0.2, 0) is 9.16 Å². The van der Waals surface area contributed by atoms with Crippen molar-refractivity contribution in [3.8, 4) is 0 Å². The van der Waals surface area contributed by atoms with Crippen molar-refractivity contribution in [2.45, 2.75) is 81.1 Å². The highest BCUT2D eigenvalue weighted by Gasteiger charge is 2.56. The van der Waals surface area contributed by atoms with Crippen molar-refractivity contribution in [3.05, 3.63) is 57.6 Å². The summed E-state index contributed by atoms with van der Waals surface area (Å²) in [5.41, 5.74) is 8.08. The van der Waals surface area contributed by atoms with Crippen LogP contribution < -0.4 is 10.4 Å². The molecule has 2 aromatic rings. The molecule has 0 unspecified atom stereocenters. The summed E-state index contributed by atoms with van der Waals surface area (Å²) in [5, 5.41) is 2.84. The van der Waals surface area contributed by atoms with E-state index in [1.165, 1.54) is 43.8 Å². The quantitative estimate of drug-likeness (QED) is 0.626. The van der Waals surface area contributed by atoms with Crippen LogP contribution in [-0.4, -0.2) is 26.8 Å². The zero-order valence-electron chi connectivity index (χ0n) is 20.6. The van der Waals surface area contributed by atoms with Gasteiger partial charge in [-0.3, -0.25) is 0 Å². The van der Waals surface area contributed by atoms with Crippen LogP contribution in [0.5, 0.6) is 0 Å². The number of aryl methyl sites for hydroxylation is 6. The van der Waals surface area contributed by atoms with Crippen LogP contribution in [0.25, 0.3) is 0 Å². The van der Waals surface area contributed by atoms with Crippen LogP contribution >= 0.6 is 0 Å². The first-order chi connectivity index (χ1) is 14.0. The van der Waals surface area contributed by atoms with Crippen molar-refractivity contribution in [2.75, 3.05) is 6.61 Å². The Morgan fingerprint density at radius 3 is 1.43 bits per heavy atom. The van der Waals surface area contributed by atoms with Gasteiger partial charge < -0.3 is 9.16 Å². The summed E-state index contributed by atoms with van der Waals surface area (Å²) in [6, 6.07) is 9.30. The normalized spacial score (nSPS) is 21.5. The van der Waals surface area contributed by atoms with E-state index < -0.39 is 8.32 Å². The fraction of sp³-hybridized carbons (Fsp3) is 0.556. The molecule has 3 rings (SSSR count). The molecule has 0 N–H and O–H groups in total. The van der Waals surface area contributed by atoms with Gasteiger partial charge in [0.2, 0.25) is 0 Å². The first-order valence-corrected chi connectivity index (χ1v) is 13.4. The second-order valence-corrected chi connectivity index (χ2v) is 13.5. The summed E-state index contributed by atoms with van der Waals surface area (Å²) in [6.07, 6.45) is 0.148. The number of ether oxygens (including phenoxy) is 1. The summed E-state index contributed by atoms with van der Waals surface area (Å²) >= 11 is 0. The first-order valence-electron chi connectivity index (χ1n) is 11.4. The van der Waals surface area contributed by atoms with E-state index in [2.05, 4.69) is 93.5 Å². The van der Waals surface area contributed by atoms with E-state index in [-0.39, 0.29) is 11.8 Å². The third kappa shape index (κ3) is 3.92. The molecule has 1 fully saturated rings. The maximum absolute atomic E-state index is 7.20. The number of rotatable bonds is 4. The third-order valence-corrected chi connectivity index (χ3v) is 11.9. The molecule has 0 radical (unpaired) electrons. The second kappa shape index (κ2) is 8.61. The summed E-state index contributed by atoms with van der Waals surface area (Å²) < 4.78 is 14.2. The molecule has 0 spiro atoms. The molecule has 1 heterocycles. The fourth-order valence-electron chi connectivity index (χ4n) is 5.68. The molecule has 1 saturated heterocycles. The Morgan fingerprint density at radius 1 is 0.700 bits per heavy atom. The largest absolute Gasteiger partial charge is 0.403 e. The number of hydrogen-bond donors (Lipinski definition) is 0. The van der Waals surface area contributed by atoms with Gasteiger partial charge in [0, 0.05) is 0 Å². The Balaban J connectivity index is 2.39. The van der Waals surface area contributed by atoms with Gasteiger partial charge >= 0.3 is 0 Å².